The van der Waals surface area contributed by atoms with E-state index in [1.54, 1.807) is 6.92 Å². The van der Waals surface area contributed by atoms with Gasteiger partial charge in [0.25, 0.3) is 0 Å². The fourth-order valence-electron chi connectivity index (χ4n) is 1.86. The first-order valence-electron chi connectivity index (χ1n) is 5.27. The van der Waals surface area contributed by atoms with E-state index in [2.05, 4.69) is 11.8 Å². The number of nitrogens with zero attached hydrogens (tertiary/aromatic N) is 1. The van der Waals surface area contributed by atoms with Crippen LogP contribution in [0.3, 0.4) is 0 Å². The quantitative estimate of drug-likeness (QED) is 0.702. The lowest BCUT2D eigenvalue weighted by Crippen LogP contribution is -2.36. The summed E-state index contributed by atoms with van der Waals surface area (Å²) >= 11 is 0. The highest BCUT2D eigenvalue weighted by Gasteiger charge is 2.15. The van der Waals surface area contributed by atoms with E-state index in [9.17, 15) is 4.79 Å². The summed E-state index contributed by atoms with van der Waals surface area (Å²) in [6, 6.07) is 0.256. The number of carbonyl (C=O) groups is 1. The summed E-state index contributed by atoms with van der Waals surface area (Å²) in [5.41, 5.74) is 0.447. The Bertz CT molecular complexity index is 229. The molecule has 1 fully saturated rings. The van der Waals surface area contributed by atoms with Gasteiger partial charge in [0.1, 0.15) is 0 Å². The molecule has 0 bridgehead atoms. The average Bonchev–Trinajstić information content (AvgIpc) is 2.19. The van der Waals surface area contributed by atoms with Gasteiger partial charge in [-0.25, -0.2) is 4.79 Å². The second-order valence-electron chi connectivity index (χ2n) is 3.99. The summed E-state index contributed by atoms with van der Waals surface area (Å²) in [5, 5.41) is 8.74. The van der Waals surface area contributed by atoms with Crippen LogP contribution in [0, 0.1) is 0 Å². The van der Waals surface area contributed by atoms with Crippen LogP contribution in [0.15, 0.2) is 11.6 Å². The van der Waals surface area contributed by atoms with Gasteiger partial charge in [-0.05, 0) is 39.8 Å². The minimum atomic E-state index is -0.811. The van der Waals surface area contributed by atoms with Gasteiger partial charge in [-0.1, -0.05) is 12.5 Å². The molecule has 1 rings (SSSR count). The predicted molar refractivity (Wildman–Crippen MR) is 56.3 cm³/mol. The number of carboxylic acids is 1. The maximum absolute atomic E-state index is 10.6. The molecule has 1 aliphatic rings. The SMILES string of the molecule is C/C(=C\C(C)N1CCCCC1)C(=O)O. The zero-order chi connectivity index (χ0) is 10.6. The minimum Gasteiger partial charge on any atom is -0.478 e. The first kappa shape index (κ1) is 11.2. The van der Waals surface area contributed by atoms with Crippen molar-refractivity contribution in [2.75, 3.05) is 13.1 Å². The molecule has 1 heterocycles. The minimum absolute atomic E-state index is 0.256. The molecule has 0 aromatic rings. The summed E-state index contributed by atoms with van der Waals surface area (Å²) in [6.07, 6.45) is 5.63. The molecule has 14 heavy (non-hydrogen) atoms. The van der Waals surface area contributed by atoms with Crippen LogP contribution < -0.4 is 0 Å². The first-order valence-corrected chi connectivity index (χ1v) is 5.27. The Kier molecular flexibility index (Phi) is 4.14. The second kappa shape index (κ2) is 5.15. The molecule has 1 unspecified atom stereocenters. The Labute approximate surface area is 85.4 Å². The van der Waals surface area contributed by atoms with Crippen LogP contribution in [-0.4, -0.2) is 35.1 Å². The van der Waals surface area contributed by atoms with E-state index in [1.165, 1.54) is 19.3 Å². The molecule has 0 amide bonds. The fourth-order valence-corrected chi connectivity index (χ4v) is 1.86. The van der Waals surface area contributed by atoms with Crippen molar-refractivity contribution in [2.45, 2.75) is 39.2 Å². The molecule has 0 spiro atoms. The second-order valence-corrected chi connectivity index (χ2v) is 3.99. The Morgan fingerprint density at radius 2 is 1.93 bits per heavy atom. The van der Waals surface area contributed by atoms with Crippen LogP contribution in [0.5, 0.6) is 0 Å². The van der Waals surface area contributed by atoms with E-state index >= 15 is 0 Å². The molecule has 0 aromatic carbocycles. The largest absolute Gasteiger partial charge is 0.478 e. The van der Waals surface area contributed by atoms with Gasteiger partial charge in [-0.15, -0.1) is 0 Å². The van der Waals surface area contributed by atoms with Crippen molar-refractivity contribution in [1.82, 2.24) is 4.90 Å². The monoisotopic (exact) mass is 197 g/mol. The summed E-state index contributed by atoms with van der Waals surface area (Å²) in [5.74, 6) is -0.811. The smallest absolute Gasteiger partial charge is 0.331 e. The fraction of sp³-hybridized carbons (Fsp3) is 0.727. The van der Waals surface area contributed by atoms with Crippen LogP contribution in [-0.2, 0) is 4.79 Å². The summed E-state index contributed by atoms with van der Waals surface area (Å²) in [4.78, 5) is 13.0. The van der Waals surface area contributed by atoms with E-state index in [-0.39, 0.29) is 6.04 Å². The number of likely N-dealkylation sites (tertiary alicyclic amines) is 1. The van der Waals surface area contributed by atoms with Crippen molar-refractivity contribution in [2.24, 2.45) is 0 Å². The van der Waals surface area contributed by atoms with E-state index in [4.69, 9.17) is 5.11 Å². The third-order valence-corrected chi connectivity index (χ3v) is 2.80. The molecule has 0 aliphatic carbocycles. The molecule has 0 radical (unpaired) electrons. The van der Waals surface area contributed by atoms with E-state index in [1.807, 2.05) is 6.08 Å². The Morgan fingerprint density at radius 3 is 2.43 bits per heavy atom. The van der Waals surface area contributed by atoms with E-state index < -0.39 is 5.97 Å². The highest BCUT2D eigenvalue weighted by Crippen LogP contribution is 2.13. The van der Waals surface area contributed by atoms with Crippen molar-refractivity contribution in [3.63, 3.8) is 0 Å². The Hall–Kier alpha value is -0.830. The van der Waals surface area contributed by atoms with E-state index in [0.29, 0.717) is 5.57 Å². The van der Waals surface area contributed by atoms with Gasteiger partial charge in [0.15, 0.2) is 0 Å². The zero-order valence-corrected chi connectivity index (χ0v) is 8.99. The van der Waals surface area contributed by atoms with Crippen molar-refractivity contribution in [3.8, 4) is 0 Å². The number of piperidine rings is 1. The highest BCUT2D eigenvalue weighted by atomic mass is 16.4. The maximum Gasteiger partial charge on any atom is 0.331 e. The molecule has 1 N–H and O–H groups in total. The normalized spacial score (nSPS) is 22.0. The van der Waals surface area contributed by atoms with E-state index in [0.717, 1.165) is 13.1 Å². The first-order chi connectivity index (χ1) is 6.61. The van der Waals surface area contributed by atoms with Gasteiger partial charge in [0.2, 0.25) is 0 Å². The summed E-state index contributed by atoms with van der Waals surface area (Å²) in [6.45, 7) is 5.93. The lowest BCUT2D eigenvalue weighted by molar-refractivity contribution is -0.132. The van der Waals surface area contributed by atoms with Gasteiger partial charge in [-0.2, -0.15) is 0 Å². The van der Waals surface area contributed by atoms with Crippen molar-refractivity contribution >= 4 is 5.97 Å². The number of rotatable bonds is 3. The standard InChI is InChI=1S/C11H19NO2/c1-9(11(13)14)8-10(2)12-6-4-3-5-7-12/h8,10H,3-7H2,1-2H3,(H,13,14)/b9-8+. The molecular weight excluding hydrogens is 178 g/mol. The van der Waals surface area contributed by atoms with Crippen LogP contribution >= 0.6 is 0 Å². The number of carboxylic acid groups (broad SMARTS) is 1. The zero-order valence-electron chi connectivity index (χ0n) is 8.99. The van der Waals surface area contributed by atoms with Crippen molar-refractivity contribution in [3.05, 3.63) is 11.6 Å². The maximum atomic E-state index is 10.6. The average molecular weight is 197 g/mol. The van der Waals surface area contributed by atoms with Gasteiger partial charge in [-0.3, -0.25) is 4.90 Å². The number of hydrogen-bond acceptors (Lipinski definition) is 2. The van der Waals surface area contributed by atoms with Gasteiger partial charge in [0, 0.05) is 11.6 Å². The van der Waals surface area contributed by atoms with Gasteiger partial charge in [0.05, 0.1) is 0 Å². The molecule has 80 valence electrons. The van der Waals surface area contributed by atoms with Crippen LogP contribution in [0.1, 0.15) is 33.1 Å². The number of aliphatic carboxylic acids is 1. The van der Waals surface area contributed by atoms with Crippen LogP contribution in [0.2, 0.25) is 0 Å². The Balaban J connectivity index is 2.51. The lowest BCUT2D eigenvalue weighted by Gasteiger charge is -2.30. The molecule has 1 atom stereocenters. The molecule has 1 saturated heterocycles. The van der Waals surface area contributed by atoms with Gasteiger partial charge < -0.3 is 5.11 Å². The Morgan fingerprint density at radius 1 is 1.36 bits per heavy atom. The number of hydrogen-bond donors (Lipinski definition) is 1. The molecule has 1 aliphatic heterocycles. The third-order valence-electron chi connectivity index (χ3n) is 2.80. The predicted octanol–water partition coefficient (Wildman–Crippen LogP) is 1.89. The molecule has 3 nitrogen and oxygen atoms in total. The molecule has 3 heteroatoms. The lowest BCUT2D eigenvalue weighted by atomic mass is 10.1. The molecule has 0 aromatic heterocycles. The van der Waals surface area contributed by atoms with Crippen molar-refractivity contribution in [1.29, 1.82) is 0 Å². The summed E-state index contributed by atoms with van der Waals surface area (Å²) < 4.78 is 0. The molecular formula is C11H19NO2. The van der Waals surface area contributed by atoms with Crippen LogP contribution in [0.4, 0.5) is 0 Å². The highest BCUT2D eigenvalue weighted by molar-refractivity contribution is 5.85. The third kappa shape index (κ3) is 3.14. The molecule has 0 saturated carbocycles. The van der Waals surface area contributed by atoms with Crippen LogP contribution in [0.25, 0.3) is 0 Å². The van der Waals surface area contributed by atoms with Gasteiger partial charge >= 0.3 is 5.97 Å². The topological polar surface area (TPSA) is 40.5 Å². The summed E-state index contributed by atoms with van der Waals surface area (Å²) in [7, 11) is 0. The van der Waals surface area contributed by atoms with Crippen molar-refractivity contribution < 1.29 is 9.90 Å².